The highest BCUT2D eigenvalue weighted by atomic mass is 16.3. The lowest BCUT2D eigenvalue weighted by Crippen LogP contribution is -2.45. The Bertz CT molecular complexity index is 1190. The molecule has 28 heavy (non-hydrogen) atoms. The molecule has 2 fully saturated rings. The van der Waals surface area contributed by atoms with Crippen LogP contribution in [-0.2, 0) is 0 Å². The fourth-order valence-corrected chi connectivity index (χ4v) is 3.38. The van der Waals surface area contributed by atoms with Gasteiger partial charge in [-0.1, -0.05) is 0 Å². The van der Waals surface area contributed by atoms with E-state index in [2.05, 4.69) is 31.9 Å². The van der Waals surface area contributed by atoms with E-state index in [0.29, 0.717) is 22.6 Å². The van der Waals surface area contributed by atoms with Crippen molar-refractivity contribution >= 4 is 17.5 Å². The Labute approximate surface area is 159 Å². The van der Waals surface area contributed by atoms with Gasteiger partial charge in [0, 0.05) is 37.5 Å². The van der Waals surface area contributed by atoms with Crippen molar-refractivity contribution in [2.45, 2.75) is 18.9 Å². The lowest BCUT2D eigenvalue weighted by molar-refractivity contribution is 0.312. The Morgan fingerprint density at radius 1 is 1.25 bits per heavy atom. The normalized spacial score (nSPS) is 19.8. The highest BCUT2D eigenvalue weighted by Gasteiger charge is 2.21. The van der Waals surface area contributed by atoms with Crippen molar-refractivity contribution in [2.24, 2.45) is 4.99 Å². The maximum atomic E-state index is 11.4. The number of nitrogens with one attached hydrogen (secondary N) is 2. The van der Waals surface area contributed by atoms with E-state index in [1.165, 1.54) is 0 Å². The highest BCUT2D eigenvalue weighted by Crippen LogP contribution is 2.22. The van der Waals surface area contributed by atoms with Crippen LogP contribution in [0.3, 0.4) is 0 Å². The van der Waals surface area contributed by atoms with Gasteiger partial charge in [-0.25, -0.2) is 9.78 Å². The van der Waals surface area contributed by atoms with Gasteiger partial charge in [0.15, 0.2) is 11.1 Å². The molecule has 0 spiro atoms. The second-order valence-electron chi connectivity index (χ2n) is 7.44. The van der Waals surface area contributed by atoms with Gasteiger partial charge in [-0.15, -0.1) is 0 Å². The topological polar surface area (TPSA) is 118 Å². The Hall–Kier alpha value is -3.14. The maximum Gasteiger partial charge on any atom is 0.326 e. The number of rotatable bonds is 3. The van der Waals surface area contributed by atoms with Gasteiger partial charge in [0.1, 0.15) is 11.5 Å². The number of likely N-dealkylation sites (N-methyl/N-ethyl adjacent to an activating group) is 1. The fraction of sp³-hybridized carbons (Fsp3) is 0.444. The Morgan fingerprint density at radius 2 is 2.04 bits per heavy atom. The number of aromatic amines is 2. The number of piperazine rings is 1. The first kappa shape index (κ1) is 17.0. The number of aromatic hydroxyl groups is 1. The number of H-pyrrole nitrogens is 2. The average molecular weight is 382 g/mol. The van der Waals surface area contributed by atoms with E-state index < -0.39 is 5.69 Å². The molecule has 10 heteroatoms. The van der Waals surface area contributed by atoms with Gasteiger partial charge in [-0.2, -0.15) is 9.61 Å². The van der Waals surface area contributed by atoms with Crippen molar-refractivity contribution in [1.82, 2.24) is 29.5 Å². The van der Waals surface area contributed by atoms with Crippen LogP contribution in [-0.4, -0.2) is 73.8 Å². The van der Waals surface area contributed by atoms with Gasteiger partial charge in [0.25, 0.3) is 0 Å². The summed E-state index contributed by atoms with van der Waals surface area (Å²) >= 11 is 0. The van der Waals surface area contributed by atoms with Crippen molar-refractivity contribution in [1.29, 1.82) is 0 Å². The number of hydrogen-bond donors (Lipinski definition) is 3. The van der Waals surface area contributed by atoms with Gasteiger partial charge in [-0.3, -0.25) is 9.98 Å². The van der Waals surface area contributed by atoms with E-state index >= 15 is 0 Å². The molecule has 146 valence electrons. The molecule has 0 bridgehead atoms. The van der Waals surface area contributed by atoms with E-state index in [-0.39, 0.29) is 5.88 Å². The van der Waals surface area contributed by atoms with E-state index in [1.54, 1.807) is 16.8 Å². The number of aromatic nitrogens is 5. The Morgan fingerprint density at radius 3 is 2.71 bits per heavy atom. The maximum absolute atomic E-state index is 11.4. The van der Waals surface area contributed by atoms with Crippen molar-refractivity contribution in [3.8, 4) is 5.88 Å². The second-order valence-corrected chi connectivity index (χ2v) is 7.44. The lowest BCUT2D eigenvalue weighted by atomic mass is 10.3. The summed E-state index contributed by atoms with van der Waals surface area (Å²) in [5.74, 6) is 0.671. The third-order valence-corrected chi connectivity index (χ3v) is 5.19. The first-order valence-corrected chi connectivity index (χ1v) is 9.46. The summed E-state index contributed by atoms with van der Waals surface area (Å²) in [6.45, 7) is 3.78. The summed E-state index contributed by atoms with van der Waals surface area (Å²) in [6.07, 6.45) is 5.54. The molecule has 3 N–H and O–H groups in total. The van der Waals surface area contributed by atoms with Crippen molar-refractivity contribution in [3.05, 3.63) is 39.1 Å². The number of anilines is 1. The third-order valence-electron chi connectivity index (χ3n) is 5.19. The smallest absolute Gasteiger partial charge is 0.326 e. The quantitative estimate of drug-likeness (QED) is 0.525. The van der Waals surface area contributed by atoms with E-state index in [0.717, 1.165) is 50.3 Å². The molecule has 1 saturated carbocycles. The number of imidazole rings is 1. The monoisotopic (exact) mass is 382 g/mol. The summed E-state index contributed by atoms with van der Waals surface area (Å²) < 4.78 is 1.73. The molecule has 1 aliphatic heterocycles. The number of nitrogens with zero attached hydrogens (tertiary/aromatic N) is 6. The first-order chi connectivity index (χ1) is 13.6. The molecular weight excluding hydrogens is 360 g/mol. The highest BCUT2D eigenvalue weighted by molar-refractivity contribution is 5.58. The fourth-order valence-electron chi connectivity index (χ4n) is 3.38. The minimum Gasteiger partial charge on any atom is -0.493 e. The minimum atomic E-state index is -0.462. The second kappa shape index (κ2) is 6.48. The van der Waals surface area contributed by atoms with Crippen LogP contribution in [0.5, 0.6) is 5.88 Å². The zero-order chi connectivity index (χ0) is 19.3. The molecule has 0 amide bonds. The molecule has 10 nitrogen and oxygen atoms in total. The van der Waals surface area contributed by atoms with Crippen LogP contribution < -0.4 is 21.3 Å². The van der Waals surface area contributed by atoms with E-state index in [1.807, 2.05) is 6.07 Å². The molecule has 4 heterocycles. The van der Waals surface area contributed by atoms with Gasteiger partial charge < -0.3 is 19.9 Å². The summed E-state index contributed by atoms with van der Waals surface area (Å²) in [7, 11) is 2.12. The Balaban J connectivity index is 1.68. The molecule has 3 aromatic rings. The molecular formula is C18H22N8O2. The predicted octanol–water partition coefficient (Wildman–Crippen LogP) is -1.19. The van der Waals surface area contributed by atoms with E-state index in [9.17, 15) is 9.90 Å². The number of fused-ring (bicyclic) bond motifs is 1. The van der Waals surface area contributed by atoms with Crippen LogP contribution in [0, 0.1) is 0 Å². The summed E-state index contributed by atoms with van der Waals surface area (Å²) in [6, 6.07) is 2.36. The average Bonchev–Trinajstić information content (AvgIpc) is 3.31. The molecule has 1 aliphatic carbocycles. The zero-order valence-electron chi connectivity index (χ0n) is 15.6. The molecule has 5 rings (SSSR count). The summed E-state index contributed by atoms with van der Waals surface area (Å²) in [5.41, 5.74) is 1.27. The van der Waals surface area contributed by atoms with Crippen LogP contribution in [0.4, 0.5) is 5.82 Å². The lowest BCUT2D eigenvalue weighted by Gasteiger charge is -2.33. The Kier molecular flexibility index (Phi) is 3.93. The van der Waals surface area contributed by atoms with Crippen LogP contribution in [0.1, 0.15) is 18.5 Å². The van der Waals surface area contributed by atoms with Crippen LogP contribution >= 0.6 is 0 Å². The van der Waals surface area contributed by atoms with Crippen molar-refractivity contribution in [3.63, 3.8) is 0 Å². The molecule has 0 atom stereocenters. The SMILES string of the molecule is CN1CCN(c2cc(=NC3CC3)n3ncc(=Cc4[nH]c(=O)[nH]c4O)c3n2)CC1. The van der Waals surface area contributed by atoms with Gasteiger partial charge >= 0.3 is 5.69 Å². The molecule has 1 saturated heterocycles. The molecule has 2 aliphatic rings. The van der Waals surface area contributed by atoms with Gasteiger partial charge in [0.05, 0.1) is 12.2 Å². The number of hydrogen-bond acceptors (Lipinski definition) is 7. The minimum absolute atomic E-state index is 0.206. The molecule has 0 unspecified atom stereocenters. The van der Waals surface area contributed by atoms with Gasteiger partial charge in [0.2, 0.25) is 5.88 Å². The van der Waals surface area contributed by atoms with Crippen molar-refractivity contribution < 1.29 is 5.11 Å². The molecule has 0 radical (unpaired) electrons. The van der Waals surface area contributed by atoms with Crippen LogP contribution in [0.2, 0.25) is 0 Å². The molecule has 3 aromatic heterocycles. The molecule has 0 aromatic carbocycles. The van der Waals surface area contributed by atoms with Crippen LogP contribution in [0.25, 0.3) is 11.7 Å². The van der Waals surface area contributed by atoms with Gasteiger partial charge in [-0.05, 0) is 26.0 Å². The predicted molar refractivity (Wildman–Crippen MR) is 103 cm³/mol. The summed E-state index contributed by atoms with van der Waals surface area (Å²) in [4.78, 5) is 30.5. The van der Waals surface area contributed by atoms with E-state index in [4.69, 9.17) is 9.98 Å². The standard InChI is InChI=1S/C18H22N8O2/c1-24-4-6-25(7-5-24)14-9-15(20-12-2-3-12)26-16(22-14)11(10-19-26)8-13-17(27)23-18(28)21-13/h8-10,12,27H,2-7H2,1H3,(H2,21,23,28). The third kappa shape index (κ3) is 3.15. The van der Waals surface area contributed by atoms with Crippen molar-refractivity contribution in [2.75, 3.05) is 38.1 Å². The van der Waals surface area contributed by atoms with Crippen LogP contribution in [0.15, 0.2) is 22.1 Å². The first-order valence-electron chi connectivity index (χ1n) is 9.46. The largest absolute Gasteiger partial charge is 0.493 e. The summed E-state index contributed by atoms with van der Waals surface area (Å²) in [5, 5.41) is 15.0. The zero-order valence-corrected chi connectivity index (χ0v) is 15.6.